The number of nitrogens with one attached hydrogen (secondary N) is 1. The first-order valence-electron chi connectivity index (χ1n) is 5.89. The zero-order valence-electron chi connectivity index (χ0n) is 10.8. The van der Waals surface area contributed by atoms with E-state index in [-0.39, 0.29) is 18.0 Å². The van der Waals surface area contributed by atoms with E-state index in [9.17, 15) is 8.42 Å². The highest BCUT2D eigenvalue weighted by molar-refractivity contribution is 7.89. The van der Waals surface area contributed by atoms with Crippen molar-refractivity contribution in [3.05, 3.63) is 29.8 Å². The number of nitrogens with zero attached hydrogens (tertiary/aromatic N) is 1. The predicted octanol–water partition coefficient (Wildman–Crippen LogP) is 0.409. The second-order valence-electron chi connectivity index (χ2n) is 3.97. The van der Waals surface area contributed by atoms with Crippen LogP contribution in [0.4, 0.5) is 0 Å². The minimum absolute atomic E-state index is 0.0987. The van der Waals surface area contributed by atoms with Gasteiger partial charge in [-0.3, -0.25) is 0 Å². The summed E-state index contributed by atoms with van der Waals surface area (Å²) in [5.41, 5.74) is 1.04. The maximum Gasteiger partial charge on any atom is 0.242 e. The lowest BCUT2D eigenvalue weighted by atomic mass is 10.2. The largest absolute Gasteiger partial charge is 0.395 e. The quantitative estimate of drug-likeness (QED) is 0.754. The van der Waals surface area contributed by atoms with Gasteiger partial charge in [-0.1, -0.05) is 19.1 Å². The molecule has 0 radical (unpaired) electrons. The number of aliphatic hydroxyl groups is 1. The van der Waals surface area contributed by atoms with Gasteiger partial charge < -0.3 is 10.4 Å². The smallest absolute Gasteiger partial charge is 0.242 e. The average molecular weight is 272 g/mol. The van der Waals surface area contributed by atoms with E-state index in [2.05, 4.69) is 5.32 Å². The van der Waals surface area contributed by atoms with E-state index in [1.54, 1.807) is 24.3 Å². The molecule has 0 aliphatic heterocycles. The van der Waals surface area contributed by atoms with Gasteiger partial charge in [-0.15, -0.1) is 0 Å². The summed E-state index contributed by atoms with van der Waals surface area (Å²) in [6.07, 6.45) is 0. The fourth-order valence-electron chi connectivity index (χ4n) is 1.49. The van der Waals surface area contributed by atoms with Crippen molar-refractivity contribution in [2.24, 2.45) is 0 Å². The van der Waals surface area contributed by atoms with E-state index in [0.717, 1.165) is 23.0 Å². The number of hydrogen-bond donors (Lipinski definition) is 2. The summed E-state index contributed by atoms with van der Waals surface area (Å²) in [6, 6.07) is 6.77. The van der Waals surface area contributed by atoms with Crippen molar-refractivity contribution in [2.45, 2.75) is 18.4 Å². The monoisotopic (exact) mass is 272 g/mol. The predicted molar refractivity (Wildman–Crippen MR) is 70.7 cm³/mol. The SMILES string of the molecule is CCNCc1ccc(S(=O)(=O)N(C)CCO)cc1. The number of aliphatic hydroxyl groups excluding tert-OH is 1. The minimum atomic E-state index is -3.49. The minimum Gasteiger partial charge on any atom is -0.395 e. The van der Waals surface area contributed by atoms with Crippen LogP contribution in [0, 0.1) is 0 Å². The number of likely N-dealkylation sites (N-methyl/N-ethyl adjacent to an activating group) is 1. The fourth-order valence-corrected chi connectivity index (χ4v) is 2.65. The van der Waals surface area contributed by atoms with Crippen molar-refractivity contribution in [2.75, 3.05) is 26.7 Å². The molecule has 0 unspecified atom stereocenters. The normalized spacial score (nSPS) is 12.0. The Bertz CT molecular complexity index is 457. The van der Waals surface area contributed by atoms with Crippen LogP contribution in [0.5, 0.6) is 0 Å². The first-order chi connectivity index (χ1) is 8.52. The molecule has 5 nitrogen and oxygen atoms in total. The van der Waals surface area contributed by atoms with Crippen molar-refractivity contribution in [3.8, 4) is 0 Å². The van der Waals surface area contributed by atoms with E-state index in [1.165, 1.54) is 7.05 Å². The van der Waals surface area contributed by atoms with E-state index in [0.29, 0.717) is 0 Å². The molecule has 102 valence electrons. The Hall–Kier alpha value is -0.950. The van der Waals surface area contributed by atoms with Gasteiger partial charge in [0.1, 0.15) is 0 Å². The Kier molecular flexibility index (Phi) is 5.74. The van der Waals surface area contributed by atoms with Crippen LogP contribution < -0.4 is 5.32 Å². The number of benzene rings is 1. The molecule has 0 atom stereocenters. The maximum absolute atomic E-state index is 12.0. The van der Waals surface area contributed by atoms with Crippen LogP contribution in [0.2, 0.25) is 0 Å². The molecule has 0 fully saturated rings. The highest BCUT2D eigenvalue weighted by Gasteiger charge is 2.19. The van der Waals surface area contributed by atoms with Gasteiger partial charge in [-0.2, -0.15) is 4.31 Å². The third kappa shape index (κ3) is 3.78. The summed E-state index contributed by atoms with van der Waals surface area (Å²) in [5, 5.41) is 11.9. The molecule has 0 spiro atoms. The van der Waals surface area contributed by atoms with Crippen LogP contribution in [0.3, 0.4) is 0 Å². The first kappa shape index (κ1) is 15.1. The molecule has 0 amide bonds. The molecule has 18 heavy (non-hydrogen) atoms. The standard InChI is InChI=1S/C12H20N2O3S/c1-3-13-10-11-4-6-12(7-5-11)18(16,17)14(2)8-9-15/h4-7,13,15H,3,8-10H2,1-2H3. The molecule has 0 saturated heterocycles. The van der Waals surface area contributed by atoms with Gasteiger partial charge in [0.05, 0.1) is 11.5 Å². The molecule has 0 saturated carbocycles. The summed E-state index contributed by atoms with van der Waals surface area (Å²) >= 11 is 0. The Morgan fingerprint density at radius 2 is 1.89 bits per heavy atom. The number of rotatable bonds is 7. The van der Waals surface area contributed by atoms with Gasteiger partial charge in [-0.05, 0) is 24.2 Å². The molecule has 1 aromatic carbocycles. The second-order valence-corrected chi connectivity index (χ2v) is 6.02. The second kappa shape index (κ2) is 6.84. The zero-order chi connectivity index (χ0) is 13.6. The first-order valence-corrected chi connectivity index (χ1v) is 7.33. The van der Waals surface area contributed by atoms with E-state index < -0.39 is 10.0 Å². The average Bonchev–Trinajstić information content (AvgIpc) is 2.37. The van der Waals surface area contributed by atoms with Crippen molar-refractivity contribution >= 4 is 10.0 Å². The van der Waals surface area contributed by atoms with E-state index in [4.69, 9.17) is 5.11 Å². The molecule has 0 heterocycles. The summed E-state index contributed by atoms with van der Waals surface area (Å²) in [6.45, 7) is 3.53. The lowest BCUT2D eigenvalue weighted by Gasteiger charge is -2.16. The van der Waals surface area contributed by atoms with Crippen LogP contribution in [0.15, 0.2) is 29.2 Å². The Morgan fingerprint density at radius 1 is 1.28 bits per heavy atom. The number of hydrogen-bond acceptors (Lipinski definition) is 4. The summed E-state index contributed by atoms with van der Waals surface area (Å²) < 4.78 is 25.2. The lowest BCUT2D eigenvalue weighted by molar-refractivity contribution is 0.266. The topological polar surface area (TPSA) is 69.6 Å². The van der Waals surface area contributed by atoms with Crippen LogP contribution in [0.25, 0.3) is 0 Å². The van der Waals surface area contributed by atoms with Gasteiger partial charge in [0.15, 0.2) is 0 Å². The van der Waals surface area contributed by atoms with Crippen molar-refractivity contribution in [1.82, 2.24) is 9.62 Å². The highest BCUT2D eigenvalue weighted by Crippen LogP contribution is 2.14. The third-order valence-electron chi connectivity index (χ3n) is 2.63. The molecule has 0 aliphatic carbocycles. The van der Waals surface area contributed by atoms with E-state index >= 15 is 0 Å². The van der Waals surface area contributed by atoms with Crippen LogP contribution in [-0.4, -0.2) is 44.6 Å². The molecule has 0 bridgehead atoms. The van der Waals surface area contributed by atoms with Crippen molar-refractivity contribution < 1.29 is 13.5 Å². The summed E-state index contributed by atoms with van der Waals surface area (Å²) in [4.78, 5) is 0.249. The van der Waals surface area contributed by atoms with Gasteiger partial charge >= 0.3 is 0 Å². The fraction of sp³-hybridized carbons (Fsp3) is 0.500. The Morgan fingerprint density at radius 3 is 2.39 bits per heavy atom. The van der Waals surface area contributed by atoms with Crippen molar-refractivity contribution in [3.63, 3.8) is 0 Å². The maximum atomic E-state index is 12.0. The number of sulfonamides is 1. The van der Waals surface area contributed by atoms with Crippen LogP contribution in [0.1, 0.15) is 12.5 Å². The Labute approximate surface area is 108 Å². The van der Waals surface area contributed by atoms with Crippen molar-refractivity contribution in [1.29, 1.82) is 0 Å². The van der Waals surface area contributed by atoms with Gasteiger partial charge in [0.25, 0.3) is 0 Å². The zero-order valence-corrected chi connectivity index (χ0v) is 11.6. The van der Waals surface area contributed by atoms with Gasteiger partial charge in [0.2, 0.25) is 10.0 Å². The highest BCUT2D eigenvalue weighted by atomic mass is 32.2. The van der Waals surface area contributed by atoms with Gasteiger partial charge in [0, 0.05) is 20.1 Å². The molecule has 0 aromatic heterocycles. The lowest BCUT2D eigenvalue weighted by Crippen LogP contribution is -2.29. The molecular weight excluding hydrogens is 252 g/mol. The van der Waals surface area contributed by atoms with E-state index in [1.807, 2.05) is 6.92 Å². The summed E-state index contributed by atoms with van der Waals surface area (Å²) in [7, 11) is -2.03. The third-order valence-corrected chi connectivity index (χ3v) is 4.50. The Balaban J connectivity index is 2.84. The molecule has 2 N–H and O–H groups in total. The molecular formula is C12H20N2O3S. The molecule has 0 aliphatic rings. The molecule has 6 heteroatoms. The van der Waals surface area contributed by atoms with Crippen LogP contribution in [-0.2, 0) is 16.6 Å². The molecule has 1 aromatic rings. The van der Waals surface area contributed by atoms with Gasteiger partial charge in [-0.25, -0.2) is 8.42 Å². The summed E-state index contributed by atoms with van der Waals surface area (Å²) in [5.74, 6) is 0. The molecule has 1 rings (SSSR count). The van der Waals surface area contributed by atoms with Crippen LogP contribution >= 0.6 is 0 Å².